The van der Waals surface area contributed by atoms with E-state index in [1.54, 1.807) is 18.2 Å². The van der Waals surface area contributed by atoms with Gasteiger partial charge in [-0.05, 0) is 55.0 Å². The van der Waals surface area contributed by atoms with Gasteiger partial charge >= 0.3 is 5.97 Å². The maximum Gasteiger partial charge on any atom is 0.314 e. The second-order valence-corrected chi connectivity index (χ2v) is 8.58. The lowest BCUT2D eigenvalue weighted by atomic mass is 9.89. The van der Waals surface area contributed by atoms with Crippen LogP contribution < -0.4 is 9.47 Å². The summed E-state index contributed by atoms with van der Waals surface area (Å²) in [5.41, 5.74) is 3.36. The van der Waals surface area contributed by atoms with Gasteiger partial charge in [0.1, 0.15) is 11.5 Å². The lowest BCUT2D eigenvalue weighted by Gasteiger charge is -2.20. The molecule has 0 saturated heterocycles. The molecule has 4 nitrogen and oxygen atoms in total. The Kier molecular flexibility index (Phi) is 5.76. The molecule has 4 heteroatoms. The Morgan fingerprint density at radius 2 is 1.77 bits per heavy atom. The zero-order chi connectivity index (χ0) is 21.3. The average molecular weight is 405 g/mol. The Bertz CT molecular complexity index is 992. The van der Waals surface area contributed by atoms with Crippen LogP contribution in [0.15, 0.2) is 42.2 Å². The minimum Gasteiger partial charge on any atom is -0.452 e. The van der Waals surface area contributed by atoms with Crippen molar-refractivity contribution in [3.05, 3.63) is 64.4 Å². The number of esters is 1. The number of carbonyl (C=O) groups excluding carboxylic acids is 2. The number of hydrogen-bond donors (Lipinski definition) is 0. The van der Waals surface area contributed by atoms with Crippen molar-refractivity contribution in [3.8, 4) is 11.5 Å². The highest BCUT2D eigenvalue weighted by atomic mass is 16.5. The van der Waals surface area contributed by atoms with Gasteiger partial charge in [-0.2, -0.15) is 0 Å². The molecule has 1 aliphatic heterocycles. The fourth-order valence-corrected chi connectivity index (χ4v) is 4.14. The van der Waals surface area contributed by atoms with Crippen LogP contribution in [0.2, 0.25) is 0 Å². The van der Waals surface area contributed by atoms with Crippen molar-refractivity contribution >= 4 is 17.8 Å². The topological polar surface area (TPSA) is 52.6 Å². The van der Waals surface area contributed by atoms with Gasteiger partial charge in [-0.1, -0.05) is 57.4 Å². The third-order valence-electron chi connectivity index (χ3n) is 6.09. The number of rotatable bonds is 4. The summed E-state index contributed by atoms with van der Waals surface area (Å²) in [6, 6.07) is 11.5. The Morgan fingerprint density at radius 1 is 1.07 bits per heavy atom. The minimum atomic E-state index is -0.178. The lowest BCUT2D eigenvalue weighted by Crippen LogP contribution is -2.23. The van der Waals surface area contributed by atoms with Gasteiger partial charge in [0.2, 0.25) is 5.78 Å². The molecule has 0 aromatic heterocycles. The number of carbonyl (C=O) groups is 2. The molecule has 1 saturated carbocycles. The predicted octanol–water partition coefficient (Wildman–Crippen LogP) is 6.22. The maximum atomic E-state index is 12.8. The molecular formula is C26H28O4. The minimum absolute atomic E-state index is 0.0294. The normalized spacial score (nSPS) is 17.9. The van der Waals surface area contributed by atoms with Crippen molar-refractivity contribution < 1.29 is 19.1 Å². The molecule has 156 valence electrons. The van der Waals surface area contributed by atoms with Crippen molar-refractivity contribution in [3.63, 3.8) is 0 Å². The molecule has 0 amide bonds. The van der Waals surface area contributed by atoms with Crippen molar-refractivity contribution in [2.45, 2.75) is 58.8 Å². The molecule has 2 aromatic rings. The molecule has 2 aliphatic rings. The highest BCUT2D eigenvalue weighted by Gasteiger charge is 2.31. The number of hydrogen-bond acceptors (Lipinski definition) is 4. The number of ketones is 1. The molecule has 30 heavy (non-hydrogen) atoms. The molecule has 2 aromatic carbocycles. The molecule has 0 spiro atoms. The van der Waals surface area contributed by atoms with E-state index in [1.165, 1.54) is 12.0 Å². The summed E-state index contributed by atoms with van der Waals surface area (Å²) < 4.78 is 11.6. The van der Waals surface area contributed by atoms with Crippen LogP contribution in [0, 0.1) is 12.8 Å². The Morgan fingerprint density at radius 3 is 2.43 bits per heavy atom. The Hall–Kier alpha value is -2.88. The molecule has 1 heterocycles. The van der Waals surface area contributed by atoms with E-state index in [1.807, 2.05) is 19.1 Å². The zero-order valence-corrected chi connectivity index (χ0v) is 17.9. The molecule has 0 atom stereocenters. The molecule has 1 fully saturated rings. The Labute approximate surface area is 177 Å². The zero-order valence-electron chi connectivity index (χ0n) is 17.9. The molecule has 0 N–H and O–H groups in total. The predicted molar refractivity (Wildman–Crippen MR) is 117 cm³/mol. The SMILES string of the molecule is Cc1c(OC(=O)C2CCCCC2)ccc2c1O/C(=C\c1ccc(C(C)C)cc1)C2=O. The first-order valence-electron chi connectivity index (χ1n) is 10.8. The van der Waals surface area contributed by atoms with Gasteiger partial charge in [-0.3, -0.25) is 9.59 Å². The summed E-state index contributed by atoms with van der Waals surface area (Å²) in [6.45, 7) is 6.13. The summed E-state index contributed by atoms with van der Waals surface area (Å²) in [4.78, 5) is 25.3. The van der Waals surface area contributed by atoms with E-state index in [4.69, 9.17) is 9.47 Å². The van der Waals surface area contributed by atoms with Crippen LogP contribution in [0.3, 0.4) is 0 Å². The lowest BCUT2D eigenvalue weighted by molar-refractivity contribution is -0.140. The number of Topliss-reactive ketones (excluding diaryl/α,β-unsaturated/α-hetero) is 1. The van der Waals surface area contributed by atoms with E-state index in [2.05, 4.69) is 26.0 Å². The third-order valence-corrected chi connectivity index (χ3v) is 6.09. The Balaban J connectivity index is 1.54. The van der Waals surface area contributed by atoms with Gasteiger partial charge in [0.25, 0.3) is 0 Å². The summed E-state index contributed by atoms with van der Waals surface area (Å²) in [5.74, 6) is 1.35. The third kappa shape index (κ3) is 4.04. The highest BCUT2D eigenvalue weighted by Crippen LogP contribution is 2.40. The van der Waals surface area contributed by atoms with Gasteiger partial charge in [-0.25, -0.2) is 0 Å². The van der Waals surface area contributed by atoms with Gasteiger partial charge in [0.05, 0.1) is 11.5 Å². The molecule has 0 bridgehead atoms. The highest BCUT2D eigenvalue weighted by molar-refractivity contribution is 6.15. The van der Waals surface area contributed by atoms with Gasteiger partial charge in [0.15, 0.2) is 5.76 Å². The second kappa shape index (κ2) is 8.47. The van der Waals surface area contributed by atoms with E-state index in [0.717, 1.165) is 31.2 Å². The van der Waals surface area contributed by atoms with Crippen LogP contribution in [0.5, 0.6) is 11.5 Å². The summed E-state index contributed by atoms with van der Waals surface area (Å²) in [7, 11) is 0. The molecular weight excluding hydrogens is 376 g/mol. The van der Waals surface area contributed by atoms with Crippen LogP contribution in [-0.2, 0) is 4.79 Å². The monoisotopic (exact) mass is 404 g/mol. The summed E-state index contributed by atoms with van der Waals surface area (Å²) in [5, 5.41) is 0. The quantitative estimate of drug-likeness (QED) is 0.345. The van der Waals surface area contributed by atoms with Crippen LogP contribution in [-0.4, -0.2) is 11.8 Å². The van der Waals surface area contributed by atoms with Crippen LogP contribution in [0.1, 0.15) is 78.9 Å². The number of ether oxygens (including phenoxy) is 2. The van der Waals surface area contributed by atoms with Crippen LogP contribution in [0.25, 0.3) is 6.08 Å². The van der Waals surface area contributed by atoms with E-state index < -0.39 is 0 Å². The van der Waals surface area contributed by atoms with Crippen molar-refractivity contribution in [1.29, 1.82) is 0 Å². The average Bonchev–Trinajstić information content (AvgIpc) is 3.07. The first kappa shape index (κ1) is 20.4. The molecule has 0 radical (unpaired) electrons. The second-order valence-electron chi connectivity index (χ2n) is 8.58. The number of benzene rings is 2. The first-order valence-corrected chi connectivity index (χ1v) is 10.8. The molecule has 0 unspecified atom stereocenters. The summed E-state index contributed by atoms with van der Waals surface area (Å²) >= 11 is 0. The van der Waals surface area contributed by atoms with Crippen molar-refractivity contribution in [1.82, 2.24) is 0 Å². The largest absolute Gasteiger partial charge is 0.452 e. The standard InChI is InChI=1S/C26H28O4/c1-16(2)19-11-9-18(10-12-19)15-23-24(27)21-13-14-22(17(3)25(21)29-23)30-26(28)20-7-5-4-6-8-20/h9-16,20H,4-8H2,1-3H3/b23-15-. The number of fused-ring (bicyclic) bond motifs is 1. The fraction of sp³-hybridized carbons (Fsp3) is 0.385. The van der Waals surface area contributed by atoms with Crippen LogP contribution in [0.4, 0.5) is 0 Å². The van der Waals surface area contributed by atoms with Gasteiger partial charge in [0, 0.05) is 5.56 Å². The maximum absolute atomic E-state index is 12.8. The van der Waals surface area contributed by atoms with E-state index in [-0.39, 0.29) is 17.7 Å². The van der Waals surface area contributed by atoms with Gasteiger partial charge in [-0.15, -0.1) is 0 Å². The van der Waals surface area contributed by atoms with Crippen LogP contribution >= 0.6 is 0 Å². The van der Waals surface area contributed by atoms with Gasteiger partial charge < -0.3 is 9.47 Å². The number of allylic oxidation sites excluding steroid dienone is 1. The van der Waals surface area contributed by atoms with Crippen molar-refractivity contribution in [2.24, 2.45) is 5.92 Å². The fourth-order valence-electron chi connectivity index (χ4n) is 4.14. The molecule has 4 rings (SSSR count). The van der Waals surface area contributed by atoms with E-state index in [0.29, 0.717) is 34.3 Å². The van der Waals surface area contributed by atoms with E-state index >= 15 is 0 Å². The van der Waals surface area contributed by atoms with E-state index in [9.17, 15) is 9.59 Å². The first-order chi connectivity index (χ1) is 14.4. The molecule has 1 aliphatic carbocycles. The smallest absolute Gasteiger partial charge is 0.314 e. The van der Waals surface area contributed by atoms with Crippen molar-refractivity contribution in [2.75, 3.05) is 0 Å². The summed E-state index contributed by atoms with van der Waals surface area (Å²) in [6.07, 6.45) is 6.88.